The fourth-order valence-electron chi connectivity index (χ4n) is 5.81. The van der Waals surface area contributed by atoms with Crippen molar-refractivity contribution in [2.24, 2.45) is 0 Å². The molecule has 2 aromatic heterocycles. The van der Waals surface area contributed by atoms with E-state index in [0.29, 0.717) is 11.1 Å². The molecule has 0 amide bonds. The van der Waals surface area contributed by atoms with Crippen LogP contribution >= 0.6 is 15.2 Å². The molecule has 2 saturated heterocycles. The predicted octanol–water partition coefficient (Wildman–Crippen LogP) is -0.00100. The number of aromatic nitrogens is 4. The van der Waals surface area contributed by atoms with Gasteiger partial charge in [-0.1, -0.05) is 60.7 Å². The van der Waals surface area contributed by atoms with Crippen LogP contribution in [-0.4, -0.2) is 130 Å². The third-order valence-electron chi connectivity index (χ3n) is 8.76. The topological polar surface area (TPSA) is 301 Å². The van der Waals surface area contributed by atoms with E-state index in [0.717, 1.165) is 0 Å². The Morgan fingerprint density at radius 2 is 1.41 bits per heavy atom. The second kappa shape index (κ2) is 17.3. The summed E-state index contributed by atoms with van der Waals surface area (Å²) < 4.78 is 64.9. The quantitative estimate of drug-likeness (QED) is 0.0692. The molecule has 3 unspecified atom stereocenters. The number of nitrogens with zero attached hydrogens (tertiary/aromatic N) is 4. The highest BCUT2D eigenvalue weighted by molar-refractivity contribution is 7.71. The van der Waals surface area contributed by atoms with Gasteiger partial charge in [-0.25, -0.2) is 15.0 Å². The lowest BCUT2D eigenvalue weighted by molar-refractivity contribution is -0.291. The van der Waals surface area contributed by atoms with Gasteiger partial charge < -0.3 is 64.5 Å². The molecule has 20 nitrogen and oxygen atoms in total. The van der Waals surface area contributed by atoms with Gasteiger partial charge in [-0.2, -0.15) is 0 Å². The summed E-state index contributed by atoms with van der Waals surface area (Å²) in [4.78, 5) is 12.2. The first-order valence-electron chi connectivity index (χ1n) is 16.6. The number of nitrogen functional groups attached to an aromatic ring is 1. The molecule has 0 radical (unpaired) electrons. The number of aliphatic hydroxyl groups is 7. The molecule has 54 heavy (non-hydrogen) atoms. The van der Waals surface area contributed by atoms with Crippen LogP contribution in [0.3, 0.4) is 0 Å². The number of rotatable bonds is 16. The summed E-state index contributed by atoms with van der Waals surface area (Å²) in [6, 6.07) is 16.8. The van der Waals surface area contributed by atoms with Crippen molar-refractivity contribution in [3.05, 3.63) is 84.4 Å². The van der Waals surface area contributed by atoms with E-state index in [-0.39, 0.29) is 23.6 Å². The van der Waals surface area contributed by atoms with Crippen molar-refractivity contribution < 1.29 is 72.4 Å². The maximum Gasteiger partial charge on any atom is 0.345 e. The number of ether oxygens (including phenoxy) is 2. The Bertz CT molecular complexity index is 1930. The van der Waals surface area contributed by atoms with Crippen LogP contribution in [0.2, 0.25) is 0 Å². The number of hydrogen-bond donors (Lipinski definition) is 8. The lowest BCUT2D eigenvalue weighted by Crippen LogP contribution is -2.61. The third-order valence-corrected chi connectivity index (χ3v) is 13.6. The number of aliphatic hydroxyl groups excluding tert-OH is 7. The van der Waals surface area contributed by atoms with Gasteiger partial charge in [-0.3, -0.25) is 18.2 Å². The van der Waals surface area contributed by atoms with Crippen molar-refractivity contribution in [3.63, 3.8) is 0 Å². The molecule has 12 atom stereocenters. The molecule has 2 aliphatic rings. The average molecular weight is 798 g/mol. The number of nitrogens with two attached hydrogens (primary N) is 1. The van der Waals surface area contributed by atoms with Gasteiger partial charge in [0.1, 0.15) is 60.7 Å². The zero-order chi connectivity index (χ0) is 38.6. The Morgan fingerprint density at radius 1 is 0.778 bits per heavy atom. The largest absolute Gasteiger partial charge is 0.394 e. The van der Waals surface area contributed by atoms with Crippen LogP contribution in [0.25, 0.3) is 11.2 Å². The van der Waals surface area contributed by atoms with E-state index in [1.807, 2.05) is 0 Å². The zero-order valence-electron chi connectivity index (χ0n) is 28.4. The Hall–Kier alpha value is -3.27. The fraction of sp³-hybridized carbons (Fsp3) is 0.469. The molecule has 6 rings (SSSR count). The minimum Gasteiger partial charge on any atom is -0.394 e. The predicted molar refractivity (Wildman–Crippen MR) is 185 cm³/mol. The molecule has 2 aromatic carbocycles. The van der Waals surface area contributed by atoms with E-state index in [1.165, 1.54) is 17.2 Å². The molecule has 22 heteroatoms. The van der Waals surface area contributed by atoms with Crippen molar-refractivity contribution in [1.82, 2.24) is 19.5 Å². The van der Waals surface area contributed by atoms with Crippen LogP contribution < -0.4 is 5.73 Å². The van der Waals surface area contributed by atoms with Crippen LogP contribution in [0.5, 0.6) is 0 Å². The molecule has 2 fully saturated rings. The average Bonchev–Trinajstić information content (AvgIpc) is 3.73. The van der Waals surface area contributed by atoms with E-state index in [9.17, 15) is 44.9 Å². The van der Waals surface area contributed by atoms with E-state index in [1.54, 1.807) is 60.7 Å². The molecule has 0 spiro atoms. The number of anilines is 1. The Balaban J connectivity index is 1.26. The van der Waals surface area contributed by atoms with Crippen molar-refractivity contribution in [2.45, 2.75) is 74.6 Å². The van der Waals surface area contributed by atoms with E-state index in [2.05, 4.69) is 15.0 Å². The highest BCUT2D eigenvalue weighted by atomic mass is 31.2. The van der Waals surface area contributed by atoms with Gasteiger partial charge in [0.2, 0.25) is 0 Å². The van der Waals surface area contributed by atoms with Crippen LogP contribution in [0.4, 0.5) is 5.82 Å². The molecule has 294 valence electrons. The second-order valence-corrected chi connectivity index (χ2v) is 17.2. The van der Waals surface area contributed by atoms with Gasteiger partial charge in [0.25, 0.3) is 0 Å². The number of fused-ring (bicyclic) bond motifs is 1. The van der Waals surface area contributed by atoms with Crippen LogP contribution in [0.1, 0.15) is 17.4 Å². The lowest BCUT2D eigenvalue weighted by Gasteiger charge is -2.42. The molecular formula is C32H41N5O15P2. The van der Waals surface area contributed by atoms with Crippen molar-refractivity contribution in [3.8, 4) is 0 Å². The third kappa shape index (κ3) is 9.05. The van der Waals surface area contributed by atoms with Gasteiger partial charge in [0, 0.05) is 0 Å². The van der Waals surface area contributed by atoms with Gasteiger partial charge in [-0.05, 0) is 11.1 Å². The summed E-state index contributed by atoms with van der Waals surface area (Å²) in [7, 11) is -9.53. The number of imidazole rings is 1. The van der Waals surface area contributed by atoms with Gasteiger partial charge in [-0.15, -0.1) is 0 Å². The molecule has 4 heterocycles. The Morgan fingerprint density at radius 3 is 2.04 bits per heavy atom. The highest BCUT2D eigenvalue weighted by Crippen LogP contribution is 2.65. The van der Waals surface area contributed by atoms with Crippen LogP contribution in [0.15, 0.2) is 73.3 Å². The van der Waals surface area contributed by atoms with Crippen molar-refractivity contribution >= 4 is 32.2 Å². The normalized spacial score (nSPS) is 30.2. The van der Waals surface area contributed by atoms with Crippen molar-refractivity contribution in [2.75, 3.05) is 24.9 Å². The first-order chi connectivity index (χ1) is 25.8. The molecule has 9 N–H and O–H groups in total. The number of hydrogen-bond acceptors (Lipinski definition) is 19. The van der Waals surface area contributed by atoms with E-state index >= 15 is 0 Å². The monoisotopic (exact) mass is 797 g/mol. The second-order valence-electron chi connectivity index (χ2n) is 12.6. The van der Waals surface area contributed by atoms with Crippen LogP contribution in [0, 0.1) is 0 Å². The Labute approximate surface area is 307 Å². The molecule has 0 aliphatic carbocycles. The van der Waals surface area contributed by atoms with E-state index in [4.69, 9.17) is 33.3 Å². The van der Waals surface area contributed by atoms with Crippen LogP contribution in [-0.2, 0) is 49.9 Å². The Kier molecular flexibility index (Phi) is 12.9. The summed E-state index contributed by atoms with van der Waals surface area (Å²) >= 11 is 0. The zero-order valence-corrected chi connectivity index (χ0v) is 30.2. The first-order valence-corrected chi connectivity index (χ1v) is 20.1. The first kappa shape index (κ1) is 40.4. The summed E-state index contributed by atoms with van der Waals surface area (Å²) in [5.74, 6) is -1.06. The summed E-state index contributed by atoms with van der Waals surface area (Å²) in [5.41, 5.74) is 7.33. The molecule has 0 bridgehead atoms. The lowest BCUT2D eigenvalue weighted by atomic mass is 9.96. The SMILES string of the molecule is Nc1ncnc2c1ncn2[C@@H]1O[C@H](COP(=O)(CP(=O)(OCc2ccccc2)OC2O[C@H]([C@H](O)CO)[C@@H](O)[C@H](O)[C@@H]2O)OCc2ccccc2)[C@@H](O)[C@H]1O. The van der Waals surface area contributed by atoms with Gasteiger partial charge in [0.15, 0.2) is 29.9 Å². The minimum atomic E-state index is -4.84. The highest BCUT2D eigenvalue weighted by Gasteiger charge is 2.51. The summed E-state index contributed by atoms with van der Waals surface area (Å²) in [6.07, 6.45) is -14.8. The fourth-order valence-corrected chi connectivity index (χ4v) is 10.4. The van der Waals surface area contributed by atoms with Crippen molar-refractivity contribution in [1.29, 1.82) is 0 Å². The number of benzene rings is 2. The summed E-state index contributed by atoms with van der Waals surface area (Å²) in [6.45, 7) is -2.34. The molecule has 2 aliphatic heterocycles. The molecular weight excluding hydrogens is 756 g/mol. The maximum absolute atomic E-state index is 14.7. The van der Waals surface area contributed by atoms with E-state index < -0.39 is 102 Å². The maximum atomic E-state index is 14.7. The minimum absolute atomic E-state index is 0.0706. The smallest absolute Gasteiger partial charge is 0.345 e. The van der Waals surface area contributed by atoms with Gasteiger partial charge in [0.05, 0.1) is 32.8 Å². The molecule has 0 saturated carbocycles. The molecule has 4 aromatic rings. The van der Waals surface area contributed by atoms with Gasteiger partial charge >= 0.3 is 15.2 Å². The standard InChI is InChI=1S/C32H41N5O15P2/c33-29-22-30(35-15-34-29)37(16-36-22)31-26(43)23(40)21(50-31)14-49-53(45,47-12-18-7-3-1-4-8-18)17-54(46,48-13-19-9-5-2-6-10-19)52-32-27(44)24(41)25(42)28(51-32)20(39)11-38/h1-10,15-16,20-21,23-28,31-32,38-44H,11-14,17H2,(H2,33,34,35)/t20-,21-,23-,24+,25+,26-,27+,28-,31-,32?,53?,54?/m1/s1. The summed E-state index contributed by atoms with van der Waals surface area (Å²) in [5, 5.41) is 73.3.